The molecule has 1 heterocycles. The third kappa shape index (κ3) is 2.62. The van der Waals surface area contributed by atoms with Gasteiger partial charge in [0.2, 0.25) is 0 Å². The van der Waals surface area contributed by atoms with Crippen LogP contribution in [0, 0.1) is 5.82 Å². The molecular weight excluding hydrogens is 243 g/mol. The molecule has 2 nitrogen and oxygen atoms in total. The van der Waals surface area contributed by atoms with E-state index >= 15 is 0 Å². The number of fused-ring (bicyclic) bond motifs is 1. The summed E-state index contributed by atoms with van der Waals surface area (Å²) in [5.74, 6) is 0.357. The highest BCUT2D eigenvalue weighted by molar-refractivity contribution is 5.38. The number of aliphatic hydroxyl groups excluding tert-OH is 1. The van der Waals surface area contributed by atoms with E-state index in [9.17, 15) is 9.50 Å². The second-order valence-corrected chi connectivity index (χ2v) is 5.95. The molecule has 3 rings (SSSR count). The molecule has 1 aromatic rings. The van der Waals surface area contributed by atoms with Crippen LogP contribution in [-0.2, 0) is 0 Å². The van der Waals surface area contributed by atoms with Gasteiger partial charge in [-0.15, -0.1) is 0 Å². The number of rotatable bonds is 0. The molecule has 1 saturated carbocycles. The minimum atomic E-state index is -0.598. The third-order valence-corrected chi connectivity index (χ3v) is 4.49. The predicted octanol–water partition coefficient (Wildman–Crippen LogP) is 4.12. The second-order valence-electron chi connectivity index (χ2n) is 5.95. The number of hydrogen-bond acceptors (Lipinski definition) is 2. The van der Waals surface area contributed by atoms with Crippen molar-refractivity contribution < 1.29 is 14.2 Å². The molecule has 0 saturated heterocycles. The average molecular weight is 264 g/mol. The molecule has 1 N–H and O–H groups in total. The summed E-state index contributed by atoms with van der Waals surface area (Å²) in [5.41, 5.74) is 0.373. The van der Waals surface area contributed by atoms with Gasteiger partial charge in [0, 0.05) is 12.0 Å². The quantitative estimate of drug-likeness (QED) is 0.763. The third-order valence-electron chi connectivity index (χ3n) is 4.49. The van der Waals surface area contributed by atoms with Crippen LogP contribution in [0.5, 0.6) is 5.75 Å². The van der Waals surface area contributed by atoms with Crippen LogP contribution >= 0.6 is 0 Å². The Labute approximate surface area is 113 Å². The normalized spacial score (nSPS) is 26.1. The van der Waals surface area contributed by atoms with Crippen LogP contribution in [0.3, 0.4) is 0 Å². The zero-order chi connectivity index (χ0) is 13.3. The smallest absolute Gasteiger partial charge is 0.126 e. The van der Waals surface area contributed by atoms with E-state index < -0.39 is 6.10 Å². The fourth-order valence-corrected chi connectivity index (χ4v) is 3.47. The largest absolute Gasteiger partial charge is 0.487 e. The summed E-state index contributed by atoms with van der Waals surface area (Å²) in [6.07, 6.45) is 8.12. The number of benzene rings is 1. The molecule has 1 atom stereocenters. The van der Waals surface area contributed by atoms with E-state index in [0.29, 0.717) is 17.7 Å². The van der Waals surface area contributed by atoms with Crippen molar-refractivity contribution in [2.24, 2.45) is 0 Å². The van der Waals surface area contributed by atoms with E-state index in [1.54, 1.807) is 6.07 Å². The van der Waals surface area contributed by atoms with Crippen molar-refractivity contribution in [2.45, 2.75) is 63.1 Å². The molecule has 19 heavy (non-hydrogen) atoms. The maximum atomic E-state index is 13.3. The Morgan fingerprint density at radius 2 is 1.79 bits per heavy atom. The molecule has 2 aliphatic rings. The topological polar surface area (TPSA) is 29.5 Å². The van der Waals surface area contributed by atoms with Gasteiger partial charge < -0.3 is 9.84 Å². The maximum absolute atomic E-state index is 13.3. The first kappa shape index (κ1) is 12.9. The molecule has 0 amide bonds. The zero-order valence-corrected chi connectivity index (χ0v) is 11.2. The van der Waals surface area contributed by atoms with Crippen molar-refractivity contribution in [2.75, 3.05) is 0 Å². The molecule has 104 valence electrons. The van der Waals surface area contributed by atoms with Crippen LogP contribution in [0.25, 0.3) is 0 Å². The van der Waals surface area contributed by atoms with Crippen molar-refractivity contribution in [1.29, 1.82) is 0 Å². The van der Waals surface area contributed by atoms with Crippen molar-refractivity contribution in [3.8, 4) is 5.75 Å². The van der Waals surface area contributed by atoms with Gasteiger partial charge in [-0.1, -0.05) is 19.3 Å². The lowest BCUT2D eigenvalue weighted by molar-refractivity contribution is -0.0314. The Balaban J connectivity index is 1.88. The lowest BCUT2D eigenvalue weighted by atomic mass is 9.79. The summed E-state index contributed by atoms with van der Waals surface area (Å²) in [5, 5.41) is 10.3. The lowest BCUT2D eigenvalue weighted by Gasteiger charge is -2.42. The van der Waals surface area contributed by atoms with E-state index in [1.165, 1.54) is 31.4 Å². The summed E-state index contributed by atoms with van der Waals surface area (Å²) >= 11 is 0. The average Bonchev–Trinajstić information content (AvgIpc) is 2.36. The van der Waals surface area contributed by atoms with Gasteiger partial charge >= 0.3 is 0 Å². The predicted molar refractivity (Wildman–Crippen MR) is 71.7 cm³/mol. The molecule has 3 heteroatoms. The van der Waals surface area contributed by atoms with E-state index in [-0.39, 0.29) is 11.4 Å². The monoisotopic (exact) mass is 264 g/mol. The summed E-state index contributed by atoms with van der Waals surface area (Å²) in [7, 11) is 0. The lowest BCUT2D eigenvalue weighted by Crippen LogP contribution is -2.41. The van der Waals surface area contributed by atoms with Crippen molar-refractivity contribution >= 4 is 0 Å². The first-order valence-electron chi connectivity index (χ1n) is 7.35. The molecule has 0 bridgehead atoms. The maximum Gasteiger partial charge on any atom is 0.126 e. The minimum Gasteiger partial charge on any atom is -0.487 e. The Morgan fingerprint density at radius 1 is 1.11 bits per heavy atom. The van der Waals surface area contributed by atoms with Crippen LogP contribution in [0.2, 0.25) is 0 Å². The summed E-state index contributed by atoms with van der Waals surface area (Å²) in [6, 6.07) is 4.47. The minimum absolute atomic E-state index is 0.231. The van der Waals surface area contributed by atoms with E-state index in [4.69, 9.17) is 4.74 Å². The molecular formula is C16H21FO2. The van der Waals surface area contributed by atoms with Gasteiger partial charge in [0.05, 0.1) is 6.10 Å². The van der Waals surface area contributed by atoms with Gasteiger partial charge in [0.25, 0.3) is 0 Å². The van der Waals surface area contributed by atoms with Crippen LogP contribution < -0.4 is 4.74 Å². The fraction of sp³-hybridized carbons (Fsp3) is 0.625. The number of hydrogen-bond donors (Lipinski definition) is 1. The van der Waals surface area contributed by atoms with Gasteiger partial charge in [-0.25, -0.2) is 4.39 Å². The van der Waals surface area contributed by atoms with Gasteiger partial charge in [-0.3, -0.25) is 0 Å². The Hall–Kier alpha value is -1.09. The van der Waals surface area contributed by atoms with Gasteiger partial charge in [0.1, 0.15) is 17.2 Å². The highest BCUT2D eigenvalue weighted by atomic mass is 19.1. The van der Waals surface area contributed by atoms with E-state index in [0.717, 1.165) is 25.7 Å². The highest BCUT2D eigenvalue weighted by Crippen LogP contribution is 2.45. The Kier molecular flexibility index (Phi) is 3.48. The van der Waals surface area contributed by atoms with Crippen LogP contribution in [0.1, 0.15) is 63.0 Å². The van der Waals surface area contributed by atoms with Crippen molar-refractivity contribution in [3.63, 3.8) is 0 Å². The first-order chi connectivity index (χ1) is 9.19. The molecule has 0 radical (unpaired) electrons. The van der Waals surface area contributed by atoms with Gasteiger partial charge in [-0.05, 0) is 43.9 Å². The molecule has 1 fully saturated rings. The number of ether oxygens (including phenoxy) is 1. The summed E-state index contributed by atoms with van der Waals surface area (Å²) in [4.78, 5) is 0. The Bertz CT molecular complexity index is 450. The van der Waals surface area contributed by atoms with E-state index in [1.807, 2.05) is 0 Å². The molecule has 1 aliphatic heterocycles. The van der Waals surface area contributed by atoms with Gasteiger partial charge in [0.15, 0.2) is 0 Å². The van der Waals surface area contributed by atoms with Crippen LogP contribution in [-0.4, -0.2) is 10.7 Å². The number of halogens is 1. The molecule has 1 spiro atoms. The first-order valence-corrected chi connectivity index (χ1v) is 7.35. The summed E-state index contributed by atoms with van der Waals surface area (Å²) < 4.78 is 19.4. The summed E-state index contributed by atoms with van der Waals surface area (Å²) in [6.45, 7) is 0. The van der Waals surface area contributed by atoms with E-state index in [2.05, 4.69) is 0 Å². The second kappa shape index (κ2) is 5.12. The van der Waals surface area contributed by atoms with Crippen LogP contribution in [0.15, 0.2) is 18.2 Å². The SMILES string of the molecule is OC1CC2(CCCCCCC2)Oc2ccc(F)cc21. The standard InChI is InChI=1S/C16H21FO2/c17-12-6-7-15-13(10-12)14(18)11-16(19-15)8-4-2-1-3-5-9-16/h6-7,10,14,18H,1-5,8-9,11H2. The molecule has 0 aromatic heterocycles. The number of aliphatic hydroxyl groups is 1. The molecule has 1 unspecified atom stereocenters. The molecule has 1 aromatic carbocycles. The van der Waals surface area contributed by atoms with Crippen LogP contribution in [0.4, 0.5) is 4.39 Å². The van der Waals surface area contributed by atoms with Crippen molar-refractivity contribution in [1.82, 2.24) is 0 Å². The molecule has 1 aliphatic carbocycles. The van der Waals surface area contributed by atoms with Gasteiger partial charge in [-0.2, -0.15) is 0 Å². The van der Waals surface area contributed by atoms with Crippen molar-refractivity contribution in [3.05, 3.63) is 29.6 Å². The fourth-order valence-electron chi connectivity index (χ4n) is 3.47. The zero-order valence-electron chi connectivity index (χ0n) is 11.2. The highest BCUT2D eigenvalue weighted by Gasteiger charge is 2.40. The Morgan fingerprint density at radius 3 is 2.53 bits per heavy atom.